The van der Waals surface area contributed by atoms with Crippen LogP contribution in [0.5, 0.6) is 0 Å². The molecule has 1 N–H and O–H groups in total. The van der Waals surface area contributed by atoms with E-state index in [1.165, 1.54) is 22.7 Å². The molecule has 2 aliphatic heterocycles. The molecule has 0 unspecified atom stereocenters. The van der Waals surface area contributed by atoms with Crippen molar-refractivity contribution >= 4 is 45.8 Å². The van der Waals surface area contributed by atoms with Gasteiger partial charge in [0.2, 0.25) is 0 Å². The molecule has 5 nitrogen and oxygen atoms in total. The van der Waals surface area contributed by atoms with Crippen LogP contribution in [0.3, 0.4) is 0 Å². The Balaban J connectivity index is 1.84. The van der Waals surface area contributed by atoms with Crippen LogP contribution in [0.2, 0.25) is 0 Å². The molecule has 1 amide bonds. The number of thioether (sulfide) groups is 1. The van der Waals surface area contributed by atoms with Gasteiger partial charge in [0.25, 0.3) is 0 Å². The fourth-order valence-corrected chi connectivity index (χ4v) is 3.56. The largest absolute Gasteiger partial charge is 0.441 e. The number of benzene rings is 1. The second-order valence-corrected chi connectivity index (χ2v) is 6.43. The maximum atomic E-state index is 14.3. The number of thiocarbonyl (C=S) groups is 1. The second kappa shape index (κ2) is 5.78. The summed E-state index contributed by atoms with van der Waals surface area (Å²) in [5.74, 6) is 0.411. The molecule has 1 atom stereocenters. The summed E-state index contributed by atoms with van der Waals surface area (Å²) in [6, 6.07) is 4.56. The zero-order valence-corrected chi connectivity index (χ0v) is 12.6. The highest BCUT2D eigenvalue weighted by Gasteiger charge is 2.32. The molecule has 2 aliphatic rings. The summed E-state index contributed by atoms with van der Waals surface area (Å²) in [4.78, 5) is 14.7. The molecule has 0 radical (unpaired) electrons. The van der Waals surface area contributed by atoms with Crippen LogP contribution in [-0.2, 0) is 4.74 Å². The van der Waals surface area contributed by atoms with Crippen molar-refractivity contribution in [3.05, 3.63) is 24.0 Å². The molecule has 2 saturated heterocycles. The lowest BCUT2D eigenvalue weighted by Gasteiger charge is -2.20. The Morgan fingerprint density at radius 3 is 2.86 bits per heavy atom. The van der Waals surface area contributed by atoms with Crippen molar-refractivity contribution in [1.82, 2.24) is 0 Å². The number of ether oxygens (including phenoxy) is 1. The van der Waals surface area contributed by atoms with Crippen molar-refractivity contribution in [2.75, 3.05) is 35.2 Å². The molecule has 0 aromatic heterocycles. The quantitative estimate of drug-likeness (QED) is 0.857. The lowest BCUT2D eigenvalue weighted by Crippen LogP contribution is -2.26. The average Bonchev–Trinajstić information content (AvgIpc) is 3.05. The molecule has 8 heteroatoms. The van der Waals surface area contributed by atoms with Crippen molar-refractivity contribution in [1.29, 1.82) is 0 Å². The van der Waals surface area contributed by atoms with Crippen molar-refractivity contribution in [3.63, 3.8) is 0 Å². The molecule has 2 fully saturated rings. The molecule has 112 valence electrons. The number of carbonyl (C=O) groups excluding carboxylic acids is 1. The number of nitrogens with zero attached hydrogens (tertiary/aromatic N) is 2. The summed E-state index contributed by atoms with van der Waals surface area (Å²) < 4.78 is 19.9. The zero-order valence-electron chi connectivity index (χ0n) is 11.0. The first-order valence-corrected chi connectivity index (χ1v) is 7.82. The highest BCUT2D eigenvalue weighted by atomic mass is 32.2. The summed E-state index contributed by atoms with van der Waals surface area (Å²) in [6.07, 6.45) is -1.14. The van der Waals surface area contributed by atoms with Crippen LogP contribution in [0.25, 0.3) is 0 Å². The topological polar surface area (TPSA) is 53.0 Å². The van der Waals surface area contributed by atoms with E-state index in [4.69, 9.17) is 22.1 Å². The number of cyclic esters (lactones) is 1. The predicted octanol–water partition coefficient (Wildman–Crippen LogP) is 1.98. The lowest BCUT2D eigenvalue weighted by atomic mass is 10.2. The Kier molecular flexibility index (Phi) is 4.01. The van der Waals surface area contributed by atoms with Crippen LogP contribution in [0.1, 0.15) is 0 Å². The second-order valence-electron chi connectivity index (χ2n) is 4.70. The van der Waals surface area contributed by atoms with Crippen LogP contribution in [0.4, 0.5) is 20.6 Å². The number of hydrogen-bond donors (Lipinski definition) is 1. The van der Waals surface area contributed by atoms with E-state index < -0.39 is 18.0 Å². The van der Waals surface area contributed by atoms with Gasteiger partial charge in [-0.25, -0.2) is 9.18 Å². The summed E-state index contributed by atoms with van der Waals surface area (Å²) in [5.41, 5.74) is 0.829. The number of rotatable bonds is 3. The Labute approximate surface area is 130 Å². The van der Waals surface area contributed by atoms with Gasteiger partial charge < -0.3 is 14.7 Å². The Hall–Kier alpha value is -1.38. The van der Waals surface area contributed by atoms with Crippen molar-refractivity contribution in [2.24, 2.45) is 0 Å². The molecule has 0 aliphatic carbocycles. The maximum absolute atomic E-state index is 14.3. The summed E-state index contributed by atoms with van der Waals surface area (Å²) in [6.45, 7) is 0.645. The van der Waals surface area contributed by atoms with Gasteiger partial charge in [-0.15, -0.1) is 0 Å². The third-order valence-corrected chi connectivity index (χ3v) is 4.80. The molecule has 2 heterocycles. The number of amides is 1. The fraction of sp³-hybridized carbons (Fsp3) is 0.385. The Morgan fingerprint density at radius 1 is 1.48 bits per heavy atom. The molecule has 3 rings (SSSR count). The summed E-state index contributed by atoms with van der Waals surface area (Å²) in [7, 11) is 0. The number of aliphatic hydroxyl groups excluding tert-OH is 1. The van der Waals surface area contributed by atoms with E-state index in [0.717, 1.165) is 5.75 Å². The van der Waals surface area contributed by atoms with Gasteiger partial charge in [-0.3, -0.25) is 4.90 Å². The average molecular weight is 328 g/mol. The maximum Gasteiger partial charge on any atom is 0.414 e. The number of carbonyl (C=O) groups is 1. The summed E-state index contributed by atoms with van der Waals surface area (Å²) >= 11 is 6.70. The predicted molar refractivity (Wildman–Crippen MR) is 83.5 cm³/mol. The number of hydrogen-bond acceptors (Lipinski definition) is 5. The van der Waals surface area contributed by atoms with Gasteiger partial charge in [-0.05, 0) is 18.2 Å². The Morgan fingerprint density at radius 2 is 2.29 bits per heavy atom. The molecule has 1 aromatic carbocycles. The fourth-order valence-electron chi connectivity index (χ4n) is 2.32. The van der Waals surface area contributed by atoms with Crippen LogP contribution in [0.15, 0.2) is 18.2 Å². The minimum Gasteiger partial charge on any atom is -0.441 e. The zero-order chi connectivity index (χ0) is 15.0. The first kappa shape index (κ1) is 14.6. The van der Waals surface area contributed by atoms with Crippen LogP contribution < -0.4 is 9.80 Å². The standard InChI is InChI=1S/C13H13FN2O3S2/c14-10-5-8(16-6-9(7-17)19-12(16)18)1-2-11(10)15-3-4-21-13(15)20/h1-2,5,9,17H,3-4,6-7H2/t9-/m1/s1. The van der Waals surface area contributed by atoms with Crippen molar-refractivity contribution in [3.8, 4) is 0 Å². The van der Waals surface area contributed by atoms with Gasteiger partial charge in [0, 0.05) is 12.3 Å². The number of aliphatic hydroxyl groups is 1. The molecular weight excluding hydrogens is 315 g/mol. The number of anilines is 2. The van der Waals surface area contributed by atoms with Crippen molar-refractivity contribution in [2.45, 2.75) is 6.10 Å². The molecule has 0 saturated carbocycles. The van der Waals surface area contributed by atoms with E-state index in [0.29, 0.717) is 22.2 Å². The molecule has 1 aromatic rings. The smallest absolute Gasteiger partial charge is 0.414 e. The highest BCUT2D eigenvalue weighted by molar-refractivity contribution is 8.23. The van der Waals surface area contributed by atoms with E-state index in [1.807, 2.05) is 0 Å². The van der Waals surface area contributed by atoms with Crippen LogP contribution in [-0.4, -0.2) is 47.1 Å². The SMILES string of the molecule is O=C1O[C@@H](CO)CN1c1ccc(N2CCSC2=S)c(F)c1. The minimum atomic E-state index is -0.576. The van der Waals surface area contributed by atoms with Crippen LogP contribution >= 0.6 is 24.0 Å². The van der Waals surface area contributed by atoms with Gasteiger partial charge in [-0.1, -0.05) is 24.0 Å². The molecule has 0 spiro atoms. The third-order valence-electron chi connectivity index (χ3n) is 3.37. The normalized spacial score (nSPS) is 22.1. The number of halogens is 1. The molecular formula is C13H13FN2O3S2. The first-order chi connectivity index (χ1) is 10.1. The highest BCUT2D eigenvalue weighted by Crippen LogP contribution is 2.31. The van der Waals surface area contributed by atoms with Gasteiger partial charge in [0.15, 0.2) is 0 Å². The summed E-state index contributed by atoms with van der Waals surface area (Å²) in [5, 5.41) is 9.02. The van der Waals surface area contributed by atoms with E-state index in [9.17, 15) is 9.18 Å². The third kappa shape index (κ3) is 2.70. The van der Waals surface area contributed by atoms with Crippen LogP contribution in [0, 0.1) is 5.82 Å². The van der Waals surface area contributed by atoms with Gasteiger partial charge in [-0.2, -0.15) is 0 Å². The lowest BCUT2D eigenvalue weighted by molar-refractivity contribution is 0.0963. The minimum absolute atomic E-state index is 0.214. The van der Waals surface area contributed by atoms with E-state index in [-0.39, 0.29) is 13.2 Å². The Bertz CT molecular complexity index is 599. The molecule has 21 heavy (non-hydrogen) atoms. The van der Waals surface area contributed by atoms with Gasteiger partial charge in [0.05, 0.1) is 24.5 Å². The van der Waals surface area contributed by atoms with E-state index in [2.05, 4.69) is 0 Å². The first-order valence-electron chi connectivity index (χ1n) is 6.43. The van der Waals surface area contributed by atoms with E-state index >= 15 is 0 Å². The van der Waals surface area contributed by atoms with E-state index in [1.54, 1.807) is 17.0 Å². The van der Waals surface area contributed by atoms with Gasteiger partial charge >= 0.3 is 6.09 Å². The monoisotopic (exact) mass is 328 g/mol. The van der Waals surface area contributed by atoms with Crippen molar-refractivity contribution < 1.29 is 19.0 Å². The van der Waals surface area contributed by atoms with Gasteiger partial charge in [0.1, 0.15) is 16.2 Å². The molecule has 0 bridgehead atoms.